The number of carbonyl (C=O) groups is 2. The normalized spacial score (nSPS) is 10.9. The van der Waals surface area contributed by atoms with E-state index in [-0.39, 0.29) is 11.8 Å². The van der Waals surface area contributed by atoms with Gasteiger partial charge in [0.05, 0.1) is 40.9 Å². The Balaban J connectivity index is 1.62. The zero-order valence-electron chi connectivity index (χ0n) is 20.5. The number of benzene rings is 2. The minimum Gasteiger partial charge on any atom is -0.493 e. The van der Waals surface area contributed by atoms with Gasteiger partial charge in [0.2, 0.25) is 11.8 Å². The number of nitrogens with one attached hydrogen (secondary N) is 2. The van der Waals surface area contributed by atoms with Crippen LogP contribution >= 0.6 is 0 Å². The zero-order chi connectivity index (χ0) is 25.5. The number of ether oxygens (including phenoxy) is 4. The van der Waals surface area contributed by atoms with Crippen molar-refractivity contribution in [1.82, 2.24) is 10.9 Å². The van der Waals surface area contributed by atoms with E-state index in [1.54, 1.807) is 64.8 Å². The molecule has 0 saturated carbocycles. The minimum atomic E-state index is -0.189. The first-order valence-corrected chi connectivity index (χ1v) is 11.1. The van der Waals surface area contributed by atoms with Gasteiger partial charge in [0, 0.05) is 12.8 Å². The largest absolute Gasteiger partial charge is 0.493 e. The lowest BCUT2D eigenvalue weighted by atomic mass is 10.1. The molecule has 0 spiro atoms. The van der Waals surface area contributed by atoms with Crippen LogP contribution in [0.25, 0.3) is 0 Å². The maximum absolute atomic E-state index is 11.9. The number of hydrogen-bond donors (Lipinski definition) is 2. The predicted molar refractivity (Wildman–Crippen MR) is 134 cm³/mol. The number of hydrazone groups is 2. The van der Waals surface area contributed by atoms with Crippen LogP contribution in [0.15, 0.2) is 46.6 Å². The van der Waals surface area contributed by atoms with E-state index < -0.39 is 0 Å². The highest BCUT2D eigenvalue weighted by molar-refractivity contribution is 5.84. The SMILES string of the molecule is COc1ccc(C=NNC(=O)CCCCCC(=O)NN=Cc2ccc(OC)c(OC)c2)cc1OC. The van der Waals surface area contributed by atoms with Crippen molar-refractivity contribution < 1.29 is 28.5 Å². The Labute approximate surface area is 205 Å². The summed E-state index contributed by atoms with van der Waals surface area (Å²) in [4.78, 5) is 23.9. The number of rotatable bonds is 14. The monoisotopic (exact) mass is 484 g/mol. The molecule has 0 radical (unpaired) electrons. The molecule has 0 unspecified atom stereocenters. The van der Waals surface area contributed by atoms with Crippen molar-refractivity contribution in [2.24, 2.45) is 10.2 Å². The summed E-state index contributed by atoms with van der Waals surface area (Å²) in [5, 5.41) is 7.93. The first-order valence-electron chi connectivity index (χ1n) is 11.1. The summed E-state index contributed by atoms with van der Waals surface area (Å²) >= 11 is 0. The lowest BCUT2D eigenvalue weighted by Crippen LogP contribution is -2.18. The van der Waals surface area contributed by atoms with Crippen LogP contribution in [-0.2, 0) is 9.59 Å². The predicted octanol–water partition coefficient (Wildman–Crippen LogP) is 3.27. The Morgan fingerprint density at radius 1 is 0.657 bits per heavy atom. The van der Waals surface area contributed by atoms with Crippen molar-refractivity contribution in [2.45, 2.75) is 32.1 Å². The molecule has 0 aliphatic rings. The second-order valence-electron chi connectivity index (χ2n) is 7.38. The van der Waals surface area contributed by atoms with E-state index in [4.69, 9.17) is 18.9 Å². The van der Waals surface area contributed by atoms with E-state index in [2.05, 4.69) is 21.1 Å². The molecule has 0 aromatic heterocycles. The van der Waals surface area contributed by atoms with Crippen molar-refractivity contribution >= 4 is 24.2 Å². The van der Waals surface area contributed by atoms with Crippen LogP contribution in [-0.4, -0.2) is 52.7 Å². The van der Waals surface area contributed by atoms with Crippen molar-refractivity contribution in [2.75, 3.05) is 28.4 Å². The molecule has 0 aliphatic carbocycles. The van der Waals surface area contributed by atoms with Crippen molar-refractivity contribution in [3.63, 3.8) is 0 Å². The van der Waals surface area contributed by atoms with Gasteiger partial charge in [-0.1, -0.05) is 6.42 Å². The number of hydrogen-bond acceptors (Lipinski definition) is 8. The Hall–Kier alpha value is -4.08. The first-order chi connectivity index (χ1) is 17.0. The van der Waals surface area contributed by atoms with Crippen LogP contribution in [0.2, 0.25) is 0 Å². The van der Waals surface area contributed by atoms with Gasteiger partial charge < -0.3 is 18.9 Å². The lowest BCUT2D eigenvalue weighted by molar-refractivity contribution is -0.121. The number of methoxy groups -OCH3 is 4. The number of nitrogens with zero attached hydrogens (tertiary/aromatic N) is 2. The van der Waals surface area contributed by atoms with Crippen LogP contribution in [0.1, 0.15) is 43.2 Å². The molecular formula is C25H32N4O6. The van der Waals surface area contributed by atoms with Crippen LogP contribution in [0.4, 0.5) is 0 Å². The fraction of sp³-hybridized carbons (Fsp3) is 0.360. The maximum atomic E-state index is 11.9. The topological polar surface area (TPSA) is 120 Å². The fourth-order valence-corrected chi connectivity index (χ4v) is 3.08. The molecule has 2 aromatic carbocycles. The van der Waals surface area contributed by atoms with Gasteiger partial charge in [-0.25, -0.2) is 10.9 Å². The second kappa shape index (κ2) is 14.9. The Kier molecular flexibility index (Phi) is 11.6. The molecule has 0 fully saturated rings. The standard InChI is InChI=1S/C25H32N4O6/c1-32-20-12-10-18(14-22(20)34-3)16-26-28-24(30)8-6-5-7-9-25(31)29-27-17-19-11-13-21(33-2)23(15-19)35-4/h10-17H,5-9H2,1-4H3,(H,28,30)(H,29,31). The summed E-state index contributed by atoms with van der Waals surface area (Å²) in [5.74, 6) is 2.02. The minimum absolute atomic E-state index is 0.189. The molecule has 10 nitrogen and oxygen atoms in total. The third-order valence-corrected chi connectivity index (χ3v) is 4.93. The molecule has 0 atom stereocenters. The number of unbranched alkanes of at least 4 members (excludes halogenated alkanes) is 2. The van der Waals surface area contributed by atoms with Gasteiger partial charge in [-0.2, -0.15) is 10.2 Å². The summed E-state index contributed by atoms with van der Waals surface area (Å²) < 4.78 is 20.8. The Morgan fingerprint density at radius 2 is 1.06 bits per heavy atom. The Bertz CT molecular complexity index is 957. The van der Waals surface area contributed by atoms with E-state index in [0.29, 0.717) is 48.7 Å². The highest BCUT2D eigenvalue weighted by atomic mass is 16.5. The average Bonchev–Trinajstić information content (AvgIpc) is 2.88. The third-order valence-electron chi connectivity index (χ3n) is 4.93. The molecule has 35 heavy (non-hydrogen) atoms. The smallest absolute Gasteiger partial charge is 0.240 e. The summed E-state index contributed by atoms with van der Waals surface area (Å²) in [6.45, 7) is 0. The summed E-state index contributed by atoms with van der Waals surface area (Å²) in [6, 6.07) is 10.7. The lowest BCUT2D eigenvalue weighted by Gasteiger charge is -2.07. The molecule has 0 bridgehead atoms. The molecule has 2 rings (SSSR count). The molecule has 10 heteroatoms. The Morgan fingerprint density at radius 3 is 1.43 bits per heavy atom. The molecular weight excluding hydrogens is 452 g/mol. The van der Waals surface area contributed by atoms with Crippen LogP contribution in [0.5, 0.6) is 23.0 Å². The van der Waals surface area contributed by atoms with Gasteiger partial charge in [-0.05, 0) is 60.4 Å². The van der Waals surface area contributed by atoms with Crippen molar-refractivity contribution in [1.29, 1.82) is 0 Å². The molecule has 0 heterocycles. The van der Waals surface area contributed by atoms with E-state index in [1.165, 1.54) is 12.4 Å². The van der Waals surface area contributed by atoms with Gasteiger partial charge in [0.15, 0.2) is 23.0 Å². The van der Waals surface area contributed by atoms with E-state index in [0.717, 1.165) is 17.5 Å². The fourth-order valence-electron chi connectivity index (χ4n) is 3.08. The second-order valence-corrected chi connectivity index (χ2v) is 7.38. The van der Waals surface area contributed by atoms with E-state index in [1.807, 2.05) is 0 Å². The highest BCUT2D eigenvalue weighted by Gasteiger charge is 2.05. The van der Waals surface area contributed by atoms with Crippen molar-refractivity contribution in [3.05, 3.63) is 47.5 Å². The maximum Gasteiger partial charge on any atom is 0.240 e. The number of carbonyl (C=O) groups excluding carboxylic acids is 2. The quantitative estimate of drug-likeness (QED) is 0.241. The first kappa shape index (κ1) is 27.2. The summed E-state index contributed by atoms with van der Waals surface area (Å²) in [5.41, 5.74) is 6.53. The van der Waals surface area contributed by atoms with E-state index >= 15 is 0 Å². The van der Waals surface area contributed by atoms with E-state index in [9.17, 15) is 9.59 Å². The molecule has 2 amide bonds. The van der Waals surface area contributed by atoms with Gasteiger partial charge in [0.1, 0.15) is 0 Å². The molecule has 2 aromatic rings. The van der Waals surface area contributed by atoms with Crippen LogP contribution in [0.3, 0.4) is 0 Å². The molecule has 0 saturated heterocycles. The van der Waals surface area contributed by atoms with Gasteiger partial charge >= 0.3 is 0 Å². The van der Waals surface area contributed by atoms with Crippen LogP contribution in [0, 0.1) is 0 Å². The molecule has 188 valence electrons. The highest BCUT2D eigenvalue weighted by Crippen LogP contribution is 2.27. The summed E-state index contributed by atoms with van der Waals surface area (Å²) in [6.07, 6.45) is 5.75. The molecule has 2 N–H and O–H groups in total. The van der Waals surface area contributed by atoms with Gasteiger partial charge in [-0.15, -0.1) is 0 Å². The van der Waals surface area contributed by atoms with Crippen molar-refractivity contribution in [3.8, 4) is 23.0 Å². The van der Waals surface area contributed by atoms with Gasteiger partial charge in [0.25, 0.3) is 0 Å². The summed E-state index contributed by atoms with van der Waals surface area (Å²) in [7, 11) is 6.23. The average molecular weight is 485 g/mol. The molecule has 0 aliphatic heterocycles. The number of amides is 2. The zero-order valence-corrected chi connectivity index (χ0v) is 20.5. The van der Waals surface area contributed by atoms with Crippen LogP contribution < -0.4 is 29.8 Å². The van der Waals surface area contributed by atoms with Gasteiger partial charge in [-0.3, -0.25) is 9.59 Å². The third kappa shape index (κ3) is 9.36.